The monoisotopic (exact) mass is 490 g/mol. The van der Waals surface area contributed by atoms with Gasteiger partial charge in [-0.2, -0.15) is 0 Å². The zero-order valence-electron chi connectivity index (χ0n) is 21.7. The number of ether oxygens (including phenoxy) is 1. The summed E-state index contributed by atoms with van der Waals surface area (Å²) in [6, 6.07) is 4.27. The Hall–Kier alpha value is -3.20. The standard InChI is InChI=1S/C27H38N8O/c1-4-36-24-25(28)30-18-31-27(24)34-12-7-20(8-13-34)26-32-23(17-35(26)15-14-33-10-5-11-33)21-6-9-29-22(16-21)19(2)3/h6,9,16-20H,4-5,7-8,10-15H2,1-3H3,(H2,28,30,31). The summed E-state index contributed by atoms with van der Waals surface area (Å²) in [6.07, 6.45) is 9.00. The van der Waals surface area contributed by atoms with Crippen LogP contribution in [0.25, 0.3) is 11.3 Å². The first-order valence-corrected chi connectivity index (χ1v) is 13.3. The highest BCUT2D eigenvalue weighted by Gasteiger charge is 2.28. The summed E-state index contributed by atoms with van der Waals surface area (Å²) in [5, 5.41) is 0. The van der Waals surface area contributed by atoms with E-state index in [2.05, 4.69) is 61.5 Å². The zero-order valence-corrected chi connectivity index (χ0v) is 21.7. The summed E-state index contributed by atoms with van der Waals surface area (Å²) in [4.78, 5) is 23.2. The van der Waals surface area contributed by atoms with Gasteiger partial charge >= 0.3 is 0 Å². The van der Waals surface area contributed by atoms with Gasteiger partial charge in [-0.25, -0.2) is 15.0 Å². The minimum absolute atomic E-state index is 0.389. The quantitative estimate of drug-likeness (QED) is 0.482. The zero-order chi connectivity index (χ0) is 25.1. The van der Waals surface area contributed by atoms with E-state index in [1.165, 1.54) is 31.7 Å². The molecule has 2 fully saturated rings. The first-order valence-electron chi connectivity index (χ1n) is 13.3. The van der Waals surface area contributed by atoms with Gasteiger partial charge in [0.2, 0.25) is 5.75 Å². The molecule has 0 bridgehead atoms. The summed E-state index contributed by atoms with van der Waals surface area (Å²) in [5.74, 6) is 3.76. The van der Waals surface area contributed by atoms with Crippen LogP contribution in [0.1, 0.15) is 63.4 Å². The third-order valence-corrected chi connectivity index (χ3v) is 7.34. The molecule has 9 heteroatoms. The summed E-state index contributed by atoms with van der Waals surface area (Å²) in [6.45, 7) is 13.1. The molecule has 5 heterocycles. The van der Waals surface area contributed by atoms with Crippen molar-refractivity contribution in [2.24, 2.45) is 0 Å². The van der Waals surface area contributed by atoms with Crippen LogP contribution in [0.3, 0.4) is 0 Å². The molecule has 3 aromatic heterocycles. The minimum Gasteiger partial charge on any atom is -0.487 e. The van der Waals surface area contributed by atoms with E-state index in [1.54, 1.807) is 0 Å². The second-order valence-electron chi connectivity index (χ2n) is 10.1. The Kier molecular flexibility index (Phi) is 7.36. The Labute approximate surface area is 213 Å². The van der Waals surface area contributed by atoms with Gasteiger partial charge in [0.15, 0.2) is 11.6 Å². The molecule has 0 radical (unpaired) electrons. The lowest BCUT2D eigenvalue weighted by Crippen LogP contribution is -2.39. The number of nitrogens with zero attached hydrogens (tertiary/aromatic N) is 7. The van der Waals surface area contributed by atoms with E-state index in [9.17, 15) is 0 Å². The fraction of sp³-hybridized carbons (Fsp3) is 0.556. The lowest BCUT2D eigenvalue weighted by atomic mass is 9.95. The predicted molar refractivity (Wildman–Crippen MR) is 142 cm³/mol. The van der Waals surface area contributed by atoms with Crippen molar-refractivity contribution in [3.05, 3.63) is 42.4 Å². The molecular weight excluding hydrogens is 452 g/mol. The van der Waals surface area contributed by atoms with Gasteiger partial charge < -0.3 is 24.8 Å². The van der Waals surface area contributed by atoms with Crippen LogP contribution in [-0.4, -0.2) is 68.7 Å². The number of likely N-dealkylation sites (tertiary alicyclic amines) is 1. The average molecular weight is 491 g/mol. The maximum atomic E-state index is 6.09. The van der Waals surface area contributed by atoms with Crippen molar-refractivity contribution in [2.75, 3.05) is 50.0 Å². The Balaban J connectivity index is 1.37. The molecule has 192 valence electrons. The lowest BCUT2D eigenvalue weighted by Gasteiger charge is -2.34. The predicted octanol–water partition coefficient (Wildman–Crippen LogP) is 3.93. The summed E-state index contributed by atoms with van der Waals surface area (Å²) < 4.78 is 8.18. The molecule has 5 rings (SSSR count). The van der Waals surface area contributed by atoms with Crippen LogP contribution < -0.4 is 15.4 Å². The summed E-state index contributed by atoms with van der Waals surface area (Å²) >= 11 is 0. The molecule has 2 aliphatic heterocycles. The molecular formula is C27H38N8O. The van der Waals surface area contributed by atoms with Crippen molar-refractivity contribution in [1.29, 1.82) is 0 Å². The number of piperidine rings is 1. The van der Waals surface area contributed by atoms with Crippen molar-refractivity contribution in [3.8, 4) is 17.0 Å². The first-order chi connectivity index (χ1) is 17.5. The number of imidazole rings is 1. The molecule has 2 N–H and O–H groups in total. The maximum Gasteiger partial charge on any atom is 0.204 e. The highest BCUT2D eigenvalue weighted by atomic mass is 16.5. The van der Waals surface area contributed by atoms with Crippen molar-refractivity contribution >= 4 is 11.6 Å². The first kappa shape index (κ1) is 24.5. The molecule has 0 spiro atoms. The molecule has 0 amide bonds. The van der Waals surface area contributed by atoms with E-state index in [1.807, 2.05) is 13.1 Å². The van der Waals surface area contributed by atoms with Gasteiger partial charge in [0.05, 0.1) is 12.3 Å². The van der Waals surface area contributed by atoms with Gasteiger partial charge in [-0.3, -0.25) is 4.98 Å². The van der Waals surface area contributed by atoms with Crippen LogP contribution in [0.4, 0.5) is 11.6 Å². The van der Waals surface area contributed by atoms with Crippen molar-refractivity contribution in [3.63, 3.8) is 0 Å². The largest absolute Gasteiger partial charge is 0.487 e. The van der Waals surface area contributed by atoms with Gasteiger partial charge in [0, 0.05) is 55.7 Å². The van der Waals surface area contributed by atoms with Crippen molar-refractivity contribution in [2.45, 2.75) is 58.4 Å². The molecule has 0 unspecified atom stereocenters. The molecule has 0 saturated carbocycles. The van der Waals surface area contributed by atoms with E-state index < -0.39 is 0 Å². The van der Waals surface area contributed by atoms with Gasteiger partial charge in [-0.15, -0.1) is 0 Å². The van der Waals surface area contributed by atoms with E-state index >= 15 is 0 Å². The lowest BCUT2D eigenvalue weighted by molar-refractivity contribution is 0.173. The highest BCUT2D eigenvalue weighted by molar-refractivity contribution is 5.63. The molecule has 0 atom stereocenters. The van der Waals surface area contributed by atoms with E-state index in [4.69, 9.17) is 15.5 Å². The Bertz CT molecular complexity index is 1160. The van der Waals surface area contributed by atoms with Crippen LogP contribution in [0.5, 0.6) is 5.75 Å². The molecule has 9 nitrogen and oxygen atoms in total. The number of hydrogen-bond donors (Lipinski definition) is 1. The van der Waals surface area contributed by atoms with E-state index in [0.717, 1.165) is 61.8 Å². The van der Waals surface area contributed by atoms with Crippen LogP contribution in [0.15, 0.2) is 30.9 Å². The van der Waals surface area contributed by atoms with Gasteiger partial charge in [0.25, 0.3) is 0 Å². The maximum absolute atomic E-state index is 6.09. The molecule has 2 aliphatic rings. The minimum atomic E-state index is 0.389. The number of nitrogen functional groups attached to an aromatic ring is 1. The van der Waals surface area contributed by atoms with Gasteiger partial charge in [-0.1, -0.05) is 13.8 Å². The number of rotatable bonds is 9. The Morgan fingerprint density at radius 3 is 2.58 bits per heavy atom. The smallest absolute Gasteiger partial charge is 0.204 e. The molecule has 3 aromatic rings. The summed E-state index contributed by atoms with van der Waals surface area (Å²) in [7, 11) is 0. The Morgan fingerprint density at radius 1 is 1.08 bits per heavy atom. The average Bonchev–Trinajstić information content (AvgIpc) is 3.29. The third-order valence-electron chi connectivity index (χ3n) is 7.34. The second kappa shape index (κ2) is 10.8. The van der Waals surface area contributed by atoms with Crippen molar-refractivity contribution < 1.29 is 4.74 Å². The summed E-state index contributed by atoms with van der Waals surface area (Å²) in [5.41, 5.74) is 9.38. The molecule has 2 saturated heterocycles. The third kappa shape index (κ3) is 5.16. The normalized spacial score (nSPS) is 16.9. The van der Waals surface area contributed by atoms with Crippen LogP contribution in [0, 0.1) is 0 Å². The van der Waals surface area contributed by atoms with E-state index in [0.29, 0.717) is 30.0 Å². The SMILES string of the molecule is CCOc1c(N)ncnc1N1CCC(c2nc(-c3ccnc(C(C)C)c3)cn2CCN2CCC2)CC1. The Morgan fingerprint density at radius 2 is 1.89 bits per heavy atom. The highest BCUT2D eigenvalue weighted by Crippen LogP contribution is 2.36. The van der Waals surface area contributed by atoms with Crippen LogP contribution in [-0.2, 0) is 6.54 Å². The van der Waals surface area contributed by atoms with Crippen LogP contribution in [0.2, 0.25) is 0 Å². The fourth-order valence-electron chi connectivity index (χ4n) is 5.09. The molecule has 0 aliphatic carbocycles. The van der Waals surface area contributed by atoms with Crippen LogP contribution >= 0.6 is 0 Å². The molecule has 36 heavy (non-hydrogen) atoms. The van der Waals surface area contributed by atoms with Gasteiger partial charge in [0.1, 0.15) is 12.2 Å². The fourth-order valence-corrected chi connectivity index (χ4v) is 5.09. The molecule has 0 aromatic carbocycles. The van der Waals surface area contributed by atoms with Gasteiger partial charge in [-0.05, 0) is 57.3 Å². The number of anilines is 2. The topological polar surface area (TPSA) is 98.2 Å². The second-order valence-corrected chi connectivity index (χ2v) is 10.1. The number of hydrogen-bond acceptors (Lipinski definition) is 8. The number of pyridine rings is 1. The van der Waals surface area contributed by atoms with Crippen molar-refractivity contribution in [1.82, 2.24) is 29.4 Å². The number of nitrogens with two attached hydrogens (primary N) is 1. The number of aromatic nitrogens is 5. The van der Waals surface area contributed by atoms with E-state index in [-0.39, 0.29) is 0 Å².